The smallest absolute Gasteiger partial charge is 0.342 e. The molecule has 2 rings (SSSR count). The molecule has 0 fully saturated rings. The summed E-state index contributed by atoms with van der Waals surface area (Å²) < 4.78 is 29.2. The van der Waals surface area contributed by atoms with E-state index in [-0.39, 0.29) is 10.7 Å². The highest BCUT2D eigenvalue weighted by atomic mass is 35.5. The molecule has 0 bridgehead atoms. The summed E-state index contributed by atoms with van der Waals surface area (Å²) in [6, 6.07) is 7.64. The topological polar surface area (TPSA) is 93.6 Å². The van der Waals surface area contributed by atoms with Gasteiger partial charge in [0.05, 0.1) is 17.5 Å². The SMILES string of the molecule is Cc1cc(C)c(C(=O)OCC(=O)c2ccc(N(C)S(C)(=O)=O)cc2)c(Cl)n1. The first-order chi connectivity index (χ1) is 12.5. The van der Waals surface area contributed by atoms with Crippen molar-refractivity contribution in [2.24, 2.45) is 0 Å². The van der Waals surface area contributed by atoms with Crippen LogP contribution in [0.4, 0.5) is 5.69 Å². The lowest BCUT2D eigenvalue weighted by atomic mass is 10.1. The Morgan fingerprint density at radius 3 is 2.30 bits per heavy atom. The van der Waals surface area contributed by atoms with E-state index in [4.69, 9.17) is 16.3 Å². The van der Waals surface area contributed by atoms with Crippen molar-refractivity contribution in [3.63, 3.8) is 0 Å². The molecule has 0 saturated carbocycles. The van der Waals surface area contributed by atoms with Gasteiger partial charge in [0.15, 0.2) is 12.4 Å². The highest BCUT2D eigenvalue weighted by Gasteiger charge is 2.19. The Bertz CT molecular complexity index is 964. The molecule has 0 unspecified atom stereocenters. The highest BCUT2D eigenvalue weighted by Crippen LogP contribution is 2.20. The normalized spacial score (nSPS) is 11.1. The Hall–Kier alpha value is -2.45. The number of ether oxygens (including phenoxy) is 1. The summed E-state index contributed by atoms with van der Waals surface area (Å²) in [5, 5.41) is 0.0260. The van der Waals surface area contributed by atoms with Gasteiger partial charge in [0.25, 0.3) is 0 Å². The standard InChI is InChI=1S/C18H19ClN2O5S/c1-11-9-12(2)20-17(19)16(11)18(23)26-10-15(22)13-5-7-14(8-6-13)21(3)27(4,24)25/h5-9H,10H2,1-4H3. The summed E-state index contributed by atoms with van der Waals surface area (Å²) >= 11 is 6.00. The van der Waals surface area contributed by atoms with Crippen LogP contribution in [0.3, 0.4) is 0 Å². The molecular formula is C18H19ClN2O5S. The Morgan fingerprint density at radius 2 is 1.78 bits per heavy atom. The van der Waals surface area contributed by atoms with Crippen molar-refractivity contribution in [2.75, 3.05) is 24.2 Å². The molecule has 0 aliphatic heterocycles. The summed E-state index contributed by atoms with van der Waals surface area (Å²) in [6.45, 7) is 2.99. The fraction of sp³-hybridized carbons (Fsp3) is 0.278. The Morgan fingerprint density at radius 1 is 1.19 bits per heavy atom. The van der Waals surface area contributed by atoms with Gasteiger partial charge in [-0.2, -0.15) is 0 Å². The van der Waals surface area contributed by atoms with Gasteiger partial charge in [-0.15, -0.1) is 0 Å². The number of pyridine rings is 1. The minimum absolute atomic E-state index is 0.0260. The molecule has 0 saturated heterocycles. The zero-order chi connectivity index (χ0) is 20.4. The Labute approximate surface area is 163 Å². The monoisotopic (exact) mass is 410 g/mol. The van der Waals surface area contributed by atoms with Crippen molar-refractivity contribution in [1.82, 2.24) is 4.98 Å². The summed E-state index contributed by atoms with van der Waals surface area (Å²) in [5.41, 5.74) is 2.11. The second kappa shape index (κ2) is 8.06. The first kappa shape index (κ1) is 20.9. The predicted molar refractivity (Wildman–Crippen MR) is 103 cm³/mol. The maximum absolute atomic E-state index is 12.2. The number of sulfonamides is 1. The van der Waals surface area contributed by atoms with Crippen molar-refractivity contribution in [2.45, 2.75) is 13.8 Å². The molecule has 0 N–H and O–H groups in total. The molecule has 0 radical (unpaired) electrons. The molecule has 1 heterocycles. The van der Waals surface area contributed by atoms with Crippen LogP contribution in [0.2, 0.25) is 5.15 Å². The van der Waals surface area contributed by atoms with E-state index in [1.807, 2.05) is 0 Å². The van der Waals surface area contributed by atoms with E-state index in [2.05, 4.69) is 4.98 Å². The number of carbonyl (C=O) groups excluding carboxylic acids is 2. The van der Waals surface area contributed by atoms with Crippen LogP contribution < -0.4 is 4.31 Å². The largest absolute Gasteiger partial charge is 0.454 e. The van der Waals surface area contributed by atoms with E-state index < -0.39 is 28.4 Å². The number of Topliss-reactive ketones (excluding diaryl/α,β-unsaturated/α-hetero) is 1. The van der Waals surface area contributed by atoms with Gasteiger partial charge in [0.2, 0.25) is 10.0 Å². The summed E-state index contributed by atoms with van der Waals surface area (Å²) in [7, 11) is -1.98. The number of hydrogen-bond donors (Lipinski definition) is 0. The number of carbonyl (C=O) groups is 2. The molecule has 1 aromatic heterocycles. The highest BCUT2D eigenvalue weighted by molar-refractivity contribution is 7.92. The van der Waals surface area contributed by atoms with Crippen molar-refractivity contribution in [1.29, 1.82) is 0 Å². The summed E-state index contributed by atoms with van der Waals surface area (Å²) in [5.74, 6) is -1.16. The van der Waals surface area contributed by atoms with Crippen molar-refractivity contribution in [3.8, 4) is 0 Å². The van der Waals surface area contributed by atoms with Crippen molar-refractivity contribution >= 4 is 39.1 Å². The number of esters is 1. The molecular weight excluding hydrogens is 392 g/mol. The molecule has 9 heteroatoms. The third kappa shape index (κ3) is 5.05. The first-order valence-electron chi connectivity index (χ1n) is 7.88. The van der Waals surface area contributed by atoms with Crippen LogP contribution in [0, 0.1) is 13.8 Å². The van der Waals surface area contributed by atoms with Crippen molar-refractivity contribution in [3.05, 3.63) is 57.9 Å². The lowest BCUT2D eigenvalue weighted by Gasteiger charge is -2.16. The number of nitrogens with zero attached hydrogens (tertiary/aromatic N) is 2. The lowest BCUT2D eigenvalue weighted by molar-refractivity contribution is 0.0473. The van der Waals surface area contributed by atoms with E-state index >= 15 is 0 Å². The number of benzene rings is 1. The third-order valence-corrected chi connectivity index (χ3v) is 5.37. The Balaban J connectivity index is 2.07. The molecule has 0 aliphatic rings. The number of aryl methyl sites for hydroxylation is 2. The fourth-order valence-corrected chi connectivity index (χ4v) is 3.24. The molecule has 2 aromatic rings. The van der Waals surface area contributed by atoms with Gasteiger partial charge in [-0.25, -0.2) is 18.2 Å². The summed E-state index contributed by atoms with van der Waals surface area (Å²) in [6.07, 6.45) is 1.08. The van der Waals surface area contributed by atoms with Crippen LogP contribution in [0.5, 0.6) is 0 Å². The minimum Gasteiger partial charge on any atom is -0.454 e. The summed E-state index contributed by atoms with van der Waals surface area (Å²) in [4.78, 5) is 28.5. The molecule has 0 spiro atoms. The van der Waals surface area contributed by atoms with Crippen LogP contribution in [0.1, 0.15) is 32.0 Å². The van der Waals surface area contributed by atoms with E-state index in [1.165, 1.54) is 31.3 Å². The number of ketones is 1. The van der Waals surface area contributed by atoms with E-state index in [0.717, 1.165) is 10.6 Å². The molecule has 0 aliphatic carbocycles. The van der Waals surface area contributed by atoms with Crippen LogP contribution >= 0.6 is 11.6 Å². The van der Waals surface area contributed by atoms with Gasteiger partial charge in [-0.05, 0) is 49.7 Å². The molecule has 0 atom stereocenters. The second-order valence-corrected chi connectivity index (χ2v) is 8.39. The van der Waals surface area contributed by atoms with E-state index in [1.54, 1.807) is 19.9 Å². The van der Waals surface area contributed by atoms with Crippen LogP contribution in [0.15, 0.2) is 30.3 Å². The molecule has 1 aromatic carbocycles. The van der Waals surface area contributed by atoms with E-state index in [9.17, 15) is 18.0 Å². The fourth-order valence-electron chi connectivity index (χ4n) is 2.37. The van der Waals surface area contributed by atoms with Gasteiger partial charge in [-0.3, -0.25) is 9.10 Å². The van der Waals surface area contributed by atoms with Crippen LogP contribution in [-0.2, 0) is 14.8 Å². The quantitative estimate of drug-likeness (QED) is 0.413. The zero-order valence-electron chi connectivity index (χ0n) is 15.3. The number of rotatable bonds is 6. The number of anilines is 1. The van der Waals surface area contributed by atoms with Gasteiger partial charge in [0.1, 0.15) is 5.15 Å². The second-order valence-electron chi connectivity index (χ2n) is 6.02. The average molecular weight is 411 g/mol. The maximum Gasteiger partial charge on any atom is 0.342 e. The molecule has 0 amide bonds. The average Bonchev–Trinajstić information content (AvgIpc) is 2.57. The first-order valence-corrected chi connectivity index (χ1v) is 10.1. The predicted octanol–water partition coefficient (Wildman–Crippen LogP) is 2.79. The minimum atomic E-state index is -3.39. The third-order valence-electron chi connectivity index (χ3n) is 3.89. The van der Waals surface area contributed by atoms with Crippen LogP contribution in [-0.4, -0.2) is 45.1 Å². The maximum atomic E-state index is 12.2. The van der Waals surface area contributed by atoms with E-state index in [0.29, 0.717) is 22.5 Å². The van der Waals surface area contributed by atoms with Gasteiger partial charge in [0, 0.05) is 18.3 Å². The molecule has 27 heavy (non-hydrogen) atoms. The van der Waals surface area contributed by atoms with Gasteiger partial charge < -0.3 is 4.74 Å². The zero-order valence-corrected chi connectivity index (χ0v) is 16.9. The Kier molecular flexibility index (Phi) is 6.22. The number of aromatic nitrogens is 1. The van der Waals surface area contributed by atoms with Gasteiger partial charge >= 0.3 is 5.97 Å². The molecule has 144 valence electrons. The van der Waals surface area contributed by atoms with Gasteiger partial charge in [-0.1, -0.05) is 11.6 Å². The van der Waals surface area contributed by atoms with Crippen LogP contribution in [0.25, 0.3) is 0 Å². The number of halogens is 1. The lowest BCUT2D eigenvalue weighted by Crippen LogP contribution is -2.24. The van der Waals surface area contributed by atoms with Crippen molar-refractivity contribution < 1.29 is 22.7 Å². The molecule has 7 nitrogen and oxygen atoms in total. The number of hydrogen-bond acceptors (Lipinski definition) is 6.